The standard InChI is InChI=1S/C19H29N3O4/c1-13-16(14(2)26-20-13)5-6-17(23)22-9-7-19(8-10-22)11-15(12-21(3)4)25-18(19)24/h15H,5-12H2,1-4H3. The predicted molar refractivity (Wildman–Crippen MR) is 95.6 cm³/mol. The highest BCUT2D eigenvalue weighted by atomic mass is 16.6. The van der Waals surface area contributed by atoms with Crippen LogP contribution in [0.5, 0.6) is 0 Å². The van der Waals surface area contributed by atoms with E-state index in [4.69, 9.17) is 9.26 Å². The molecule has 0 N–H and O–H groups in total. The lowest BCUT2D eigenvalue weighted by atomic mass is 9.76. The largest absolute Gasteiger partial charge is 0.461 e. The van der Waals surface area contributed by atoms with Gasteiger partial charge in [-0.2, -0.15) is 0 Å². The molecule has 0 bridgehead atoms. The summed E-state index contributed by atoms with van der Waals surface area (Å²) in [6.07, 6.45) is 3.24. The van der Waals surface area contributed by atoms with E-state index in [2.05, 4.69) is 5.16 Å². The van der Waals surface area contributed by atoms with Crippen LogP contribution in [0.25, 0.3) is 0 Å². The quantitative estimate of drug-likeness (QED) is 0.742. The van der Waals surface area contributed by atoms with Crippen LogP contribution in [-0.4, -0.2) is 66.7 Å². The average Bonchev–Trinajstić information content (AvgIpc) is 3.05. The van der Waals surface area contributed by atoms with E-state index in [1.54, 1.807) is 0 Å². The molecule has 3 rings (SSSR count). The van der Waals surface area contributed by atoms with Crippen LogP contribution >= 0.6 is 0 Å². The molecule has 2 aliphatic rings. The molecule has 0 aliphatic carbocycles. The van der Waals surface area contributed by atoms with E-state index in [1.165, 1.54) is 0 Å². The van der Waals surface area contributed by atoms with Crippen molar-refractivity contribution in [3.05, 3.63) is 17.0 Å². The first-order valence-electron chi connectivity index (χ1n) is 9.36. The Kier molecular flexibility index (Phi) is 5.37. The molecular weight excluding hydrogens is 334 g/mol. The van der Waals surface area contributed by atoms with Gasteiger partial charge in [0.15, 0.2) is 0 Å². The van der Waals surface area contributed by atoms with Gasteiger partial charge in [-0.05, 0) is 47.2 Å². The van der Waals surface area contributed by atoms with Crippen molar-refractivity contribution in [1.82, 2.24) is 15.0 Å². The van der Waals surface area contributed by atoms with Crippen LogP contribution in [0.15, 0.2) is 4.52 Å². The smallest absolute Gasteiger partial charge is 0.312 e. The monoisotopic (exact) mass is 363 g/mol. The van der Waals surface area contributed by atoms with Crippen molar-refractivity contribution in [3.8, 4) is 0 Å². The third-order valence-electron chi connectivity index (χ3n) is 5.74. The summed E-state index contributed by atoms with van der Waals surface area (Å²) in [5, 5.41) is 3.94. The van der Waals surface area contributed by atoms with Gasteiger partial charge >= 0.3 is 5.97 Å². The van der Waals surface area contributed by atoms with Crippen molar-refractivity contribution in [1.29, 1.82) is 0 Å². The van der Waals surface area contributed by atoms with Crippen molar-refractivity contribution in [2.75, 3.05) is 33.7 Å². The Hall–Kier alpha value is -1.89. The molecule has 7 nitrogen and oxygen atoms in total. The summed E-state index contributed by atoms with van der Waals surface area (Å²) >= 11 is 0. The molecule has 7 heteroatoms. The summed E-state index contributed by atoms with van der Waals surface area (Å²) in [6.45, 7) is 5.79. The third-order valence-corrected chi connectivity index (χ3v) is 5.74. The molecule has 0 radical (unpaired) electrons. The molecule has 0 saturated carbocycles. The maximum absolute atomic E-state index is 12.6. The maximum Gasteiger partial charge on any atom is 0.312 e. The number of amides is 1. The summed E-state index contributed by atoms with van der Waals surface area (Å²) in [5.74, 6) is 0.844. The Morgan fingerprint density at radius 1 is 1.31 bits per heavy atom. The molecular formula is C19H29N3O4. The highest BCUT2D eigenvalue weighted by Gasteiger charge is 2.50. The second-order valence-corrected chi connectivity index (χ2v) is 7.96. The molecule has 26 heavy (non-hydrogen) atoms. The fourth-order valence-electron chi connectivity index (χ4n) is 4.19. The van der Waals surface area contributed by atoms with Crippen molar-refractivity contribution in [2.24, 2.45) is 5.41 Å². The number of likely N-dealkylation sites (tertiary alicyclic amines) is 1. The third kappa shape index (κ3) is 3.77. The van der Waals surface area contributed by atoms with Crippen LogP contribution in [0, 0.1) is 19.3 Å². The lowest BCUT2D eigenvalue weighted by Crippen LogP contribution is -2.45. The minimum atomic E-state index is -0.390. The summed E-state index contributed by atoms with van der Waals surface area (Å²) in [6, 6.07) is 0. The first kappa shape index (κ1) is 18.9. The van der Waals surface area contributed by atoms with Gasteiger partial charge in [0.2, 0.25) is 5.91 Å². The van der Waals surface area contributed by atoms with Gasteiger partial charge in [-0.3, -0.25) is 9.59 Å². The van der Waals surface area contributed by atoms with Gasteiger partial charge in [0.1, 0.15) is 11.9 Å². The summed E-state index contributed by atoms with van der Waals surface area (Å²) in [4.78, 5) is 28.9. The van der Waals surface area contributed by atoms with Crippen LogP contribution in [0.4, 0.5) is 0 Å². The predicted octanol–water partition coefficient (Wildman–Crippen LogP) is 1.71. The summed E-state index contributed by atoms with van der Waals surface area (Å²) in [5.41, 5.74) is 1.49. The number of aryl methyl sites for hydroxylation is 2. The topological polar surface area (TPSA) is 75.9 Å². The van der Waals surface area contributed by atoms with E-state index in [1.807, 2.05) is 37.7 Å². The van der Waals surface area contributed by atoms with Gasteiger partial charge in [0, 0.05) is 38.0 Å². The van der Waals surface area contributed by atoms with Crippen LogP contribution in [-0.2, 0) is 20.7 Å². The Bertz CT molecular complexity index is 655. The fourth-order valence-corrected chi connectivity index (χ4v) is 4.19. The number of likely N-dealkylation sites (N-methyl/N-ethyl adjacent to an activating group) is 1. The van der Waals surface area contributed by atoms with Crippen LogP contribution in [0.2, 0.25) is 0 Å². The van der Waals surface area contributed by atoms with Gasteiger partial charge in [-0.25, -0.2) is 0 Å². The molecule has 1 aromatic heterocycles. The zero-order chi connectivity index (χ0) is 18.9. The fraction of sp³-hybridized carbons (Fsp3) is 0.737. The molecule has 0 aromatic carbocycles. The summed E-state index contributed by atoms with van der Waals surface area (Å²) in [7, 11) is 3.97. The van der Waals surface area contributed by atoms with E-state index in [-0.39, 0.29) is 23.4 Å². The van der Waals surface area contributed by atoms with E-state index in [9.17, 15) is 9.59 Å². The second kappa shape index (κ2) is 7.39. The molecule has 1 atom stereocenters. The zero-order valence-corrected chi connectivity index (χ0v) is 16.2. The number of cyclic esters (lactones) is 1. The second-order valence-electron chi connectivity index (χ2n) is 7.96. The van der Waals surface area contributed by atoms with Gasteiger partial charge in [-0.15, -0.1) is 0 Å². The number of nitrogens with zero attached hydrogens (tertiary/aromatic N) is 3. The SMILES string of the molecule is Cc1noc(C)c1CCC(=O)N1CCC2(CC1)CC(CN(C)C)OC2=O. The van der Waals surface area contributed by atoms with Crippen LogP contribution < -0.4 is 0 Å². The molecule has 2 fully saturated rings. The average molecular weight is 363 g/mol. The maximum atomic E-state index is 12.6. The molecule has 1 aromatic rings. The lowest BCUT2D eigenvalue weighted by Gasteiger charge is -2.36. The highest BCUT2D eigenvalue weighted by Crippen LogP contribution is 2.43. The highest BCUT2D eigenvalue weighted by molar-refractivity contribution is 5.81. The van der Waals surface area contributed by atoms with Crippen molar-refractivity contribution in [3.63, 3.8) is 0 Å². The zero-order valence-electron chi connectivity index (χ0n) is 16.2. The van der Waals surface area contributed by atoms with Gasteiger partial charge < -0.3 is 19.1 Å². The number of carbonyl (C=O) groups excluding carboxylic acids is 2. The minimum absolute atomic E-state index is 0.0284. The number of hydrogen-bond donors (Lipinski definition) is 0. The Labute approximate surface area is 154 Å². The number of rotatable bonds is 5. The molecule has 2 aliphatic heterocycles. The lowest BCUT2D eigenvalue weighted by molar-refractivity contribution is -0.152. The Morgan fingerprint density at radius 2 is 2.00 bits per heavy atom. The number of hydrogen-bond acceptors (Lipinski definition) is 6. The van der Waals surface area contributed by atoms with E-state index in [0.717, 1.165) is 30.0 Å². The van der Waals surface area contributed by atoms with Gasteiger partial charge in [-0.1, -0.05) is 5.16 Å². The van der Waals surface area contributed by atoms with Gasteiger partial charge in [0.25, 0.3) is 0 Å². The Morgan fingerprint density at radius 3 is 2.58 bits per heavy atom. The van der Waals surface area contributed by atoms with E-state index in [0.29, 0.717) is 38.8 Å². The normalized spacial score (nSPS) is 22.3. The van der Waals surface area contributed by atoms with Crippen molar-refractivity contribution in [2.45, 2.75) is 52.1 Å². The first-order chi connectivity index (χ1) is 12.3. The van der Waals surface area contributed by atoms with Gasteiger partial charge in [0.05, 0.1) is 11.1 Å². The first-order valence-corrected chi connectivity index (χ1v) is 9.36. The molecule has 3 heterocycles. The molecule has 144 valence electrons. The van der Waals surface area contributed by atoms with Crippen LogP contribution in [0.1, 0.15) is 42.7 Å². The van der Waals surface area contributed by atoms with Crippen molar-refractivity contribution >= 4 is 11.9 Å². The number of carbonyl (C=O) groups is 2. The molecule has 1 spiro atoms. The molecule has 2 saturated heterocycles. The number of esters is 1. The number of ether oxygens (including phenoxy) is 1. The molecule has 1 unspecified atom stereocenters. The van der Waals surface area contributed by atoms with Crippen molar-refractivity contribution < 1.29 is 18.8 Å². The Balaban J connectivity index is 1.52. The summed E-state index contributed by atoms with van der Waals surface area (Å²) < 4.78 is 10.7. The minimum Gasteiger partial charge on any atom is -0.461 e. The number of piperidine rings is 1. The molecule has 1 amide bonds. The van der Waals surface area contributed by atoms with E-state index >= 15 is 0 Å². The van der Waals surface area contributed by atoms with Crippen LogP contribution in [0.3, 0.4) is 0 Å². The van der Waals surface area contributed by atoms with E-state index < -0.39 is 0 Å². The number of aromatic nitrogens is 1.